The van der Waals surface area contributed by atoms with E-state index in [1.165, 1.54) is 25.7 Å². The molecule has 0 amide bonds. The predicted molar refractivity (Wildman–Crippen MR) is 70.1 cm³/mol. The molecule has 3 rings (SSSR count). The van der Waals surface area contributed by atoms with E-state index in [0.717, 1.165) is 11.7 Å². The van der Waals surface area contributed by atoms with Crippen molar-refractivity contribution in [1.82, 2.24) is 9.97 Å². The molecule has 0 aromatic carbocycles. The van der Waals surface area contributed by atoms with Crippen LogP contribution in [0, 0.1) is 5.92 Å². The monoisotopic (exact) mass is 265 g/mol. The molecule has 18 heavy (non-hydrogen) atoms. The van der Waals surface area contributed by atoms with E-state index in [9.17, 15) is 4.79 Å². The molecular formula is C13H16ClN3O. The third kappa shape index (κ3) is 1.88. The summed E-state index contributed by atoms with van der Waals surface area (Å²) in [6.45, 7) is 2.32. The number of rotatable bonds is 2. The Morgan fingerprint density at radius 2 is 2.06 bits per heavy atom. The predicted octanol–water partition coefficient (Wildman–Crippen LogP) is 2.71. The first-order valence-electron chi connectivity index (χ1n) is 6.45. The van der Waals surface area contributed by atoms with Gasteiger partial charge in [0.25, 0.3) is 0 Å². The molecule has 2 saturated heterocycles. The minimum atomic E-state index is 0.209. The highest BCUT2D eigenvalue weighted by molar-refractivity contribution is 6.31. The Labute approximate surface area is 111 Å². The highest BCUT2D eigenvalue weighted by Gasteiger charge is 2.40. The van der Waals surface area contributed by atoms with E-state index in [1.54, 1.807) is 6.20 Å². The third-order valence-corrected chi connectivity index (χ3v) is 4.37. The smallest absolute Gasteiger partial charge is 0.171 e. The fraction of sp³-hybridized carbons (Fsp3) is 0.615. The number of nitrogens with zero attached hydrogens (tertiary/aromatic N) is 3. The van der Waals surface area contributed by atoms with Crippen molar-refractivity contribution in [3.05, 3.63) is 17.0 Å². The lowest BCUT2D eigenvalue weighted by atomic mass is 9.92. The topological polar surface area (TPSA) is 46.1 Å². The third-order valence-electron chi connectivity index (χ3n) is 4.09. The number of carbonyl (C=O) groups excluding carboxylic acids is 1. The molecule has 2 aliphatic heterocycles. The molecule has 1 aromatic rings. The minimum Gasteiger partial charge on any atom is -0.349 e. The van der Waals surface area contributed by atoms with Gasteiger partial charge < -0.3 is 4.90 Å². The van der Waals surface area contributed by atoms with Gasteiger partial charge in [-0.3, -0.25) is 4.79 Å². The summed E-state index contributed by atoms with van der Waals surface area (Å²) in [5.41, 5.74) is 0.221. The van der Waals surface area contributed by atoms with Crippen LogP contribution in [0.3, 0.4) is 0 Å². The Kier molecular flexibility index (Phi) is 2.98. The number of piperidine rings is 1. The number of anilines is 1. The summed E-state index contributed by atoms with van der Waals surface area (Å²) in [7, 11) is 0. The van der Waals surface area contributed by atoms with Crippen molar-refractivity contribution in [2.75, 3.05) is 4.90 Å². The summed E-state index contributed by atoms with van der Waals surface area (Å²) in [5.74, 6) is 1.61. The Balaban J connectivity index is 1.91. The van der Waals surface area contributed by atoms with Crippen LogP contribution in [0.15, 0.2) is 6.20 Å². The zero-order chi connectivity index (χ0) is 12.7. The van der Waals surface area contributed by atoms with Crippen molar-refractivity contribution in [3.8, 4) is 0 Å². The first-order chi connectivity index (χ1) is 8.69. The Morgan fingerprint density at radius 1 is 1.39 bits per heavy atom. The lowest BCUT2D eigenvalue weighted by molar-refractivity contribution is 0.111. The molecule has 96 valence electrons. The molecule has 2 fully saturated rings. The molecule has 3 heterocycles. The van der Waals surface area contributed by atoms with Gasteiger partial charge in [-0.2, -0.15) is 0 Å². The minimum absolute atomic E-state index is 0.209. The molecule has 1 aromatic heterocycles. The van der Waals surface area contributed by atoms with Crippen LogP contribution in [-0.4, -0.2) is 28.3 Å². The van der Waals surface area contributed by atoms with Gasteiger partial charge in [0, 0.05) is 12.1 Å². The molecule has 1 unspecified atom stereocenters. The van der Waals surface area contributed by atoms with Gasteiger partial charge in [-0.1, -0.05) is 18.5 Å². The lowest BCUT2D eigenvalue weighted by Gasteiger charge is -2.38. The molecule has 0 radical (unpaired) electrons. The second-order valence-corrected chi connectivity index (χ2v) is 5.75. The number of hydrogen-bond acceptors (Lipinski definition) is 4. The molecule has 0 saturated carbocycles. The van der Waals surface area contributed by atoms with Gasteiger partial charge >= 0.3 is 0 Å². The number of fused-ring (bicyclic) bond motifs is 2. The van der Waals surface area contributed by atoms with E-state index in [4.69, 9.17) is 11.6 Å². The van der Waals surface area contributed by atoms with E-state index < -0.39 is 0 Å². The van der Waals surface area contributed by atoms with E-state index in [1.807, 2.05) is 0 Å². The molecule has 3 atom stereocenters. The number of aldehydes is 1. The summed E-state index contributed by atoms with van der Waals surface area (Å²) < 4.78 is 0. The SMILES string of the molecule is CC1C[C@H]2CC[C@@H](C1)N2c1cnc(C=O)c(Cl)n1. The molecule has 4 nitrogen and oxygen atoms in total. The van der Waals surface area contributed by atoms with Crippen molar-refractivity contribution in [1.29, 1.82) is 0 Å². The van der Waals surface area contributed by atoms with Gasteiger partial charge in [-0.05, 0) is 31.6 Å². The number of aromatic nitrogens is 2. The largest absolute Gasteiger partial charge is 0.349 e. The van der Waals surface area contributed by atoms with Gasteiger partial charge in [0.05, 0.1) is 6.20 Å². The maximum Gasteiger partial charge on any atom is 0.171 e. The second kappa shape index (κ2) is 4.50. The van der Waals surface area contributed by atoms with Crippen molar-refractivity contribution in [3.63, 3.8) is 0 Å². The van der Waals surface area contributed by atoms with Crippen molar-refractivity contribution in [2.45, 2.75) is 44.7 Å². The highest BCUT2D eigenvalue weighted by Crippen LogP contribution is 2.40. The second-order valence-electron chi connectivity index (χ2n) is 5.39. The van der Waals surface area contributed by atoms with Crippen LogP contribution in [0.1, 0.15) is 43.1 Å². The van der Waals surface area contributed by atoms with Gasteiger partial charge in [-0.25, -0.2) is 9.97 Å². The van der Waals surface area contributed by atoms with Crippen LogP contribution >= 0.6 is 11.6 Å². The first kappa shape index (κ1) is 11.9. The molecule has 0 spiro atoms. The summed E-state index contributed by atoms with van der Waals surface area (Å²) in [6, 6.07) is 1.12. The number of carbonyl (C=O) groups is 1. The molecular weight excluding hydrogens is 250 g/mol. The Bertz CT molecular complexity index is 465. The normalized spacial score (nSPS) is 30.6. The van der Waals surface area contributed by atoms with E-state index >= 15 is 0 Å². The first-order valence-corrected chi connectivity index (χ1v) is 6.83. The average Bonchev–Trinajstić information content (AvgIpc) is 2.61. The van der Waals surface area contributed by atoms with Crippen LogP contribution in [0.25, 0.3) is 0 Å². The molecule has 5 heteroatoms. The maximum atomic E-state index is 10.7. The lowest BCUT2D eigenvalue weighted by Crippen LogP contribution is -2.43. The summed E-state index contributed by atoms with van der Waals surface area (Å²) in [5, 5.41) is 0.209. The van der Waals surface area contributed by atoms with E-state index in [-0.39, 0.29) is 10.8 Å². The van der Waals surface area contributed by atoms with Crippen LogP contribution in [-0.2, 0) is 0 Å². The zero-order valence-corrected chi connectivity index (χ0v) is 11.1. The standard InChI is InChI=1S/C13H16ClN3O/c1-8-4-9-2-3-10(5-8)17(9)12-6-15-11(7-18)13(14)16-12/h6-10H,2-5H2,1H3/t8?,9-,10+. The molecule has 2 bridgehead atoms. The van der Waals surface area contributed by atoms with Crippen LogP contribution in [0.5, 0.6) is 0 Å². The maximum absolute atomic E-state index is 10.7. The van der Waals surface area contributed by atoms with Crippen LogP contribution in [0.4, 0.5) is 5.82 Å². The zero-order valence-electron chi connectivity index (χ0n) is 10.3. The van der Waals surface area contributed by atoms with Gasteiger partial charge in [0.1, 0.15) is 11.5 Å². The Hall–Kier alpha value is -1.16. The van der Waals surface area contributed by atoms with Crippen molar-refractivity contribution < 1.29 is 4.79 Å². The average molecular weight is 266 g/mol. The Morgan fingerprint density at radius 3 is 2.61 bits per heavy atom. The van der Waals surface area contributed by atoms with Crippen LogP contribution in [0.2, 0.25) is 5.15 Å². The summed E-state index contributed by atoms with van der Waals surface area (Å²) in [4.78, 5) is 21.5. The highest BCUT2D eigenvalue weighted by atomic mass is 35.5. The van der Waals surface area contributed by atoms with Gasteiger partial charge in [-0.15, -0.1) is 0 Å². The van der Waals surface area contributed by atoms with Crippen molar-refractivity contribution >= 4 is 23.7 Å². The fourth-order valence-electron chi connectivity index (χ4n) is 3.39. The van der Waals surface area contributed by atoms with Crippen molar-refractivity contribution in [2.24, 2.45) is 5.92 Å². The fourth-order valence-corrected chi connectivity index (χ4v) is 3.57. The summed E-state index contributed by atoms with van der Waals surface area (Å²) in [6.07, 6.45) is 7.20. The van der Waals surface area contributed by atoms with Gasteiger partial charge in [0.15, 0.2) is 11.4 Å². The van der Waals surface area contributed by atoms with E-state index in [2.05, 4.69) is 21.8 Å². The quantitative estimate of drug-likeness (QED) is 0.772. The number of halogens is 1. The number of hydrogen-bond donors (Lipinski definition) is 0. The molecule has 2 aliphatic rings. The van der Waals surface area contributed by atoms with Crippen LogP contribution < -0.4 is 4.90 Å². The van der Waals surface area contributed by atoms with Gasteiger partial charge in [0.2, 0.25) is 0 Å². The van der Waals surface area contributed by atoms with E-state index in [0.29, 0.717) is 18.4 Å². The molecule has 0 aliphatic carbocycles. The molecule has 0 N–H and O–H groups in total. The summed E-state index contributed by atoms with van der Waals surface area (Å²) >= 11 is 5.96.